The van der Waals surface area contributed by atoms with E-state index in [4.69, 9.17) is 4.74 Å². The molecular weight excluding hydrogens is 414 g/mol. The highest BCUT2D eigenvalue weighted by Gasteiger charge is 2.12. The minimum Gasteiger partial charge on any atom is -0.455 e. The second-order valence-corrected chi connectivity index (χ2v) is 8.00. The fraction of sp³-hybridized carbons (Fsp3) is 0.300. The quantitative estimate of drug-likeness (QED) is 0.514. The Balaban J connectivity index is 1.83. The molecule has 0 spiro atoms. The van der Waals surface area contributed by atoms with Crippen LogP contribution in [0.3, 0.4) is 0 Å². The predicted molar refractivity (Wildman–Crippen MR) is 110 cm³/mol. The number of carbonyl (C=O) groups is 2. The van der Waals surface area contributed by atoms with Crippen LogP contribution in [0.2, 0.25) is 0 Å². The summed E-state index contributed by atoms with van der Waals surface area (Å²) < 4.78 is 6.14. The van der Waals surface area contributed by atoms with Gasteiger partial charge in [0.1, 0.15) is 0 Å². The summed E-state index contributed by atoms with van der Waals surface area (Å²) >= 11 is 4.90. The van der Waals surface area contributed by atoms with Gasteiger partial charge in [0, 0.05) is 15.1 Å². The van der Waals surface area contributed by atoms with Crippen molar-refractivity contribution in [3.63, 3.8) is 0 Å². The number of thioether (sulfide) groups is 1. The molecule has 0 saturated carbocycles. The molecule has 0 heterocycles. The van der Waals surface area contributed by atoms with Crippen LogP contribution < -0.4 is 5.32 Å². The third kappa shape index (κ3) is 5.61. The Hall–Kier alpha value is -1.79. The topological polar surface area (TPSA) is 55.4 Å². The van der Waals surface area contributed by atoms with Crippen LogP contribution in [0.4, 0.5) is 5.69 Å². The number of nitrogens with one attached hydrogen (secondary N) is 1. The number of halogens is 1. The van der Waals surface area contributed by atoms with Crippen LogP contribution in [0.5, 0.6) is 0 Å². The molecule has 26 heavy (non-hydrogen) atoms. The number of carbonyl (C=O) groups excluding carboxylic acids is 2. The molecular formula is C20H22BrNO3S. The van der Waals surface area contributed by atoms with Crippen molar-refractivity contribution >= 4 is 45.3 Å². The molecule has 0 bridgehead atoms. The van der Waals surface area contributed by atoms with E-state index in [1.54, 1.807) is 0 Å². The van der Waals surface area contributed by atoms with Gasteiger partial charge in [-0.3, -0.25) is 9.59 Å². The smallest absolute Gasteiger partial charge is 0.316 e. The monoisotopic (exact) mass is 435 g/mol. The van der Waals surface area contributed by atoms with E-state index in [-0.39, 0.29) is 18.3 Å². The Morgan fingerprint density at radius 2 is 1.69 bits per heavy atom. The molecule has 1 N–H and O–H groups in total. The van der Waals surface area contributed by atoms with Crippen LogP contribution in [-0.2, 0) is 14.3 Å². The number of rotatable bonds is 6. The van der Waals surface area contributed by atoms with Gasteiger partial charge in [-0.15, -0.1) is 11.8 Å². The van der Waals surface area contributed by atoms with Gasteiger partial charge >= 0.3 is 5.97 Å². The van der Waals surface area contributed by atoms with Gasteiger partial charge in [0.15, 0.2) is 6.61 Å². The zero-order valence-electron chi connectivity index (χ0n) is 15.3. The number of esters is 1. The highest BCUT2D eigenvalue weighted by Crippen LogP contribution is 2.28. The lowest BCUT2D eigenvalue weighted by atomic mass is 10.1. The van der Waals surface area contributed by atoms with Crippen LogP contribution in [-0.4, -0.2) is 24.2 Å². The summed E-state index contributed by atoms with van der Waals surface area (Å²) in [6.45, 7) is 7.56. The molecule has 1 amide bonds. The molecule has 0 unspecified atom stereocenters. The van der Waals surface area contributed by atoms with E-state index in [9.17, 15) is 9.59 Å². The van der Waals surface area contributed by atoms with Crippen LogP contribution in [0, 0.1) is 27.7 Å². The average molecular weight is 436 g/mol. The van der Waals surface area contributed by atoms with Crippen molar-refractivity contribution < 1.29 is 14.3 Å². The lowest BCUT2D eigenvalue weighted by molar-refractivity contribution is -0.144. The van der Waals surface area contributed by atoms with Crippen LogP contribution in [0.15, 0.2) is 39.7 Å². The maximum Gasteiger partial charge on any atom is 0.316 e. The standard InChI is InChI=1S/C20H22BrNO3S/c1-12-6-5-7-13(2)20(12)22-18(23)10-25-19(24)11-26-17-9-14(3)16(21)8-15(17)4/h5-9H,10-11H2,1-4H3,(H,22,23). The molecule has 0 aliphatic heterocycles. The first kappa shape index (κ1) is 20.5. The zero-order chi connectivity index (χ0) is 19.3. The Kier molecular flexibility index (Phi) is 7.29. The molecule has 0 aromatic heterocycles. The van der Waals surface area contributed by atoms with E-state index < -0.39 is 5.97 Å². The molecule has 2 aromatic rings. The van der Waals surface area contributed by atoms with Gasteiger partial charge in [-0.1, -0.05) is 34.1 Å². The van der Waals surface area contributed by atoms with Gasteiger partial charge in [0.25, 0.3) is 5.91 Å². The fourth-order valence-electron chi connectivity index (χ4n) is 2.42. The van der Waals surface area contributed by atoms with Gasteiger partial charge in [0.05, 0.1) is 5.75 Å². The number of anilines is 1. The molecule has 0 atom stereocenters. The van der Waals surface area contributed by atoms with Crippen molar-refractivity contribution in [3.05, 3.63) is 57.1 Å². The molecule has 4 nitrogen and oxygen atoms in total. The summed E-state index contributed by atoms with van der Waals surface area (Å²) in [5.41, 5.74) is 4.92. The molecule has 0 saturated heterocycles. The van der Waals surface area contributed by atoms with Crippen molar-refractivity contribution in [1.29, 1.82) is 0 Å². The fourth-order valence-corrected chi connectivity index (χ4v) is 3.78. The van der Waals surface area contributed by atoms with E-state index in [1.807, 2.05) is 58.0 Å². The minimum atomic E-state index is -0.411. The number of hydrogen-bond donors (Lipinski definition) is 1. The van der Waals surface area contributed by atoms with Gasteiger partial charge in [-0.2, -0.15) is 0 Å². The first-order valence-electron chi connectivity index (χ1n) is 8.19. The first-order chi connectivity index (χ1) is 12.3. The lowest BCUT2D eigenvalue weighted by Gasteiger charge is -2.12. The number of amides is 1. The average Bonchev–Trinajstić information content (AvgIpc) is 2.58. The lowest BCUT2D eigenvalue weighted by Crippen LogP contribution is -2.22. The van der Waals surface area contributed by atoms with Crippen LogP contribution in [0.25, 0.3) is 0 Å². The SMILES string of the molecule is Cc1cc(SCC(=O)OCC(=O)Nc2c(C)cccc2C)c(C)cc1Br. The van der Waals surface area contributed by atoms with Crippen molar-refractivity contribution in [2.75, 3.05) is 17.7 Å². The third-order valence-electron chi connectivity index (χ3n) is 3.91. The summed E-state index contributed by atoms with van der Waals surface area (Å²) in [4.78, 5) is 25.0. The molecule has 0 fully saturated rings. The molecule has 0 aliphatic carbocycles. The van der Waals surface area contributed by atoms with Crippen LogP contribution in [0.1, 0.15) is 22.3 Å². The van der Waals surface area contributed by atoms with Crippen molar-refractivity contribution in [2.24, 2.45) is 0 Å². The van der Waals surface area contributed by atoms with E-state index in [1.165, 1.54) is 11.8 Å². The molecule has 138 valence electrons. The van der Waals surface area contributed by atoms with Crippen molar-refractivity contribution in [3.8, 4) is 0 Å². The summed E-state index contributed by atoms with van der Waals surface area (Å²) in [5.74, 6) is -0.582. The summed E-state index contributed by atoms with van der Waals surface area (Å²) in [6, 6.07) is 9.84. The Labute approximate surface area is 166 Å². The molecule has 6 heteroatoms. The second kappa shape index (κ2) is 9.24. The molecule has 0 radical (unpaired) electrons. The number of ether oxygens (including phenoxy) is 1. The van der Waals surface area contributed by atoms with E-state index in [2.05, 4.69) is 21.2 Å². The highest BCUT2D eigenvalue weighted by molar-refractivity contribution is 9.10. The highest BCUT2D eigenvalue weighted by atomic mass is 79.9. The number of hydrogen-bond acceptors (Lipinski definition) is 4. The van der Waals surface area contributed by atoms with Gasteiger partial charge in [0.2, 0.25) is 0 Å². The molecule has 2 aromatic carbocycles. The minimum absolute atomic E-state index is 0.165. The largest absolute Gasteiger partial charge is 0.455 e. The number of para-hydroxylation sites is 1. The van der Waals surface area contributed by atoms with E-state index in [0.717, 1.165) is 37.3 Å². The Morgan fingerprint density at radius 1 is 1.04 bits per heavy atom. The Morgan fingerprint density at radius 3 is 2.35 bits per heavy atom. The van der Waals surface area contributed by atoms with Crippen LogP contribution >= 0.6 is 27.7 Å². The Bertz CT molecular complexity index is 816. The summed E-state index contributed by atoms with van der Waals surface area (Å²) in [6.07, 6.45) is 0. The van der Waals surface area contributed by atoms with E-state index >= 15 is 0 Å². The molecule has 2 rings (SSSR count). The van der Waals surface area contributed by atoms with Gasteiger partial charge in [-0.05, 0) is 62.1 Å². The first-order valence-corrected chi connectivity index (χ1v) is 9.97. The zero-order valence-corrected chi connectivity index (χ0v) is 17.7. The predicted octanol–water partition coefficient (Wildman–Crippen LogP) is 4.96. The van der Waals surface area contributed by atoms with Gasteiger partial charge in [-0.25, -0.2) is 0 Å². The van der Waals surface area contributed by atoms with Crippen molar-refractivity contribution in [1.82, 2.24) is 0 Å². The maximum atomic E-state index is 12.0. The normalized spacial score (nSPS) is 10.5. The van der Waals surface area contributed by atoms with Crippen molar-refractivity contribution in [2.45, 2.75) is 32.6 Å². The second-order valence-electron chi connectivity index (χ2n) is 6.13. The maximum absolute atomic E-state index is 12.0. The van der Waals surface area contributed by atoms with Gasteiger partial charge < -0.3 is 10.1 Å². The third-order valence-corrected chi connectivity index (χ3v) is 5.90. The number of benzene rings is 2. The molecule has 0 aliphatic rings. The number of aryl methyl sites for hydroxylation is 4. The van der Waals surface area contributed by atoms with E-state index in [0.29, 0.717) is 0 Å². The summed E-state index contributed by atoms with van der Waals surface area (Å²) in [7, 11) is 0. The summed E-state index contributed by atoms with van der Waals surface area (Å²) in [5, 5.41) is 2.80.